The number of hydrogen-bond donors (Lipinski definition) is 3. The van der Waals surface area contributed by atoms with E-state index in [1.54, 1.807) is 18.2 Å². The minimum atomic E-state index is -0.825. The fraction of sp³-hybridized carbons (Fsp3) is 0. The van der Waals surface area contributed by atoms with Gasteiger partial charge in [-0.15, -0.1) is 0 Å². The number of amides is 1. The van der Waals surface area contributed by atoms with Crippen LogP contribution in [0.25, 0.3) is 0 Å². The second-order valence-corrected chi connectivity index (χ2v) is 5.40. The normalized spacial score (nSPS) is 10.2. The third-order valence-corrected chi connectivity index (χ3v) is 3.43. The highest BCUT2D eigenvalue weighted by Crippen LogP contribution is 2.25. The third-order valence-electron chi connectivity index (χ3n) is 2.45. The van der Waals surface area contributed by atoms with E-state index in [0.717, 1.165) is 3.57 Å². The maximum Gasteiger partial charge on any atom is 0.258 e. The highest BCUT2D eigenvalue weighted by Gasteiger charge is 2.16. The molecule has 2 aromatic rings. The van der Waals surface area contributed by atoms with Gasteiger partial charge in [-0.05, 0) is 46.9 Å². The molecule has 5 nitrogen and oxygen atoms in total. The molecule has 1 heterocycles. The van der Waals surface area contributed by atoms with E-state index in [2.05, 4.69) is 38.3 Å². The van der Waals surface area contributed by atoms with Crippen molar-refractivity contribution in [3.8, 4) is 0 Å². The van der Waals surface area contributed by atoms with E-state index < -0.39 is 11.7 Å². The molecule has 4 N–H and O–H groups in total. The van der Waals surface area contributed by atoms with Gasteiger partial charge in [0.1, 0.15) is 0 Å². The smallest absolute Gasteiger partial charge is 0.258 e. The van der Waals surface area contributed by atoms with Crippen molar-refractivity contribution in [2.45, 2.75) is 0 Å². The molecule has 0 aliphatic carbocycles. The average Bonchev–Trinajstić information content (AvgIpc) is 2.42. The van der Waals surface area contributed by atoms with Crippen LogP contribution in [0.4, 0.5) is 15.9 Å². The molecular weight excluding hydrogens is 398 g/mol. The van der Waals surface area contributed by atoms with Crippen molar-refractivity contribution in [3.05, 3.63) is 50.4 Å². The van der Waals surface area contributed by atoms with Crippen LogP contribution in [0, 0.1) is 9.39 Å². The monoisotopic (exact) mass is 406 g/mol. The predicted octanol–water partition coefficient (Wildman–Crippen LogP) is 3.02. The SMILES string of the molecule is NNc1nccc(C(=O)Nc2ccc(I)cc2Cl)c1F. The van der Waals surface area contributed by atoms with Gasteiger partial charge < -0.3 is 10.7 Å². The van der Waals surface area contributed by atoms with E-state index in [-0.39, 0.29) is 11.4 Å². The minimum Gasteiger partial charge on any atom is -0.321 e. The van der Waals surface area contributed by atoms with Gasteiger partial charge >= 0.3 is 0 Å². The Hall–Kier alpha value is -1.45. The molecule has 0 bridgehead atoms. The summed E-state index contributed by atoms with van der Waals surface area (Å²) >= 11 is 8.10. The van der Waals surface area contributed by atoms with Crippen LogP contribution in [0.15, 0.2) is 30.5 Å². The molecule has 0 fully saturated rings. The lowest BCUT2D eigenvalue weighted by molar-refractivity contribution is 0.102. The Morgan fingerprint density at radius 2 is 2.15 bits per heavy atom. The third kappa shape index (κ3) is 3.17. The first kappa shape index (κ1) is 14.9. The summed E-state index contributed by atoms with van der Waals surface area (Å²) in [6.07, 6.45) is 1.28. The zero-order chi connectivity index (χ0) is 14.7. The van der Waals surface area contributed by atoms with E-state index in [1.807, 2.05) is 0 Å². The van der Waals surface area contributed by atoms with Crippen molar-refractivity contribution < 1.29 is 9.18 Å². The summed E-state index contributed by atoms with van der Waals surface area (Å²) in [4.78, 5) is 15.7. The lowest BCUT2D eigenvalue weighted by Gasteiger charge is -2.09. The zero-order valence-corrected chi connectivity index (χ0v) is 12.9. The lowest BCUT2D eigenvalue weighted by Crippen LogP contribution is -2.17. The molecule has 0 aliphatic rings. The summed E-state index contributed by atoms with van der Waals surface area (Å²) in [5.74, 6) is 3.44. The molecule has 104 valence electrons. The molecule has 8 heteroatoms. The maximum atomic E-state index is 13.9. The first-order valence-electron chi connectivity index (χ1n) is 5.40. The van der Waals surface area contributed by atoms with Crippen LogP contribution in [0.5, 0.6) is 0 Å². The van der Waals surface area contributed by atoms with Gasteiger partial charge in [-0.2, -0.15) is 0 Å². The molecule has 0 saturated heterocycles. The molecule has 20 heavy (non-hydrogen) atoms. The van der Waals surface area contributed by atoms with E-state index in [1.165, 1.54) is 12.3 Å². The summed E-state index contributed by atoms with van der Waals surface area (Å²) in [5, 5.41) is 2.91. The number of carbonyl (C=O) groups is 1. The fourth-order valence-electron chi connectivity index (χ4n) is 1.50. The standard InChI is InChI=1S/C12H9ClFIN4O/c13-8-5-6(15)1-2-9(8)18-12(20)7-3-4-17-11(19-16)10(7)14/h1-5H,16H2,(H,17,19)(H,18,20). The van der Waals surface area contributed by atoms with Crippen LogP contribution in [0.1, 0.15) is 10.4 Å². The number of hydrazine groups is 1. The Bertz CT molecular complexity index is 668. The molecule has 0 spiro atoms. The van der Waals surface area contributed by atoms with Crippen LogP contribution in [-0.2, 0) is 0 Å². The number of carbonyl (C=O) groups excluding carboxylic acids is 1. The molecule has 1 aromatic carbocycles. The molecule has 2 rings (SSSR count). The molecule has 0 unspecified atom stereocenters. The van der Waals surface area contributed by atoms with Gasteiger partial charge in [0.25, 0.3) is 5.91 Å². The first-order valence-corrected chi connectivity index (χ1v) is 6.86. The highest BCUT2D eigenvalue weighted by atomic mass is 127. The zero-order valence-electron chi connectivity index (χ0n) is 9.95. The van der Waals surface area contributed by atoms with Crippen LogP contribution in [0.3, 0.4) is 0 Å². The Morgan fingerprint density at radius 3 is 2.80 bits per heavy atom. The molecule has 0 aliphatic heterocycles. The number of rotatable bonds is 3. The number of anilines is 2. The maximum absolute atomic E-state index is 13.9. The number of halogens is 3. The van der Waals surface area contributed by atoms with Gasteiger partial charge in [-0.3, -0.25) is 4.79 Å². The van der Waals surface area contributed by atoms with E-state index in [0.29, 0.717) is 10.7 Å². The number of nitrogens with one attached hydrogen (secondary N) is 2. The number of hydrogen-bond acceptors (Lipinski definition) is 4. The number of pyridine rings is 1. The molecule has 0 atom stereocenters. The van der Waals surface area contributed by atoms with E-state index >= 15 is 0 Å². The molecule has 0 radical (unpaired) electrons. The number of aromatic nitrogens is 1. The Morgan fingerprint density at radius 1 is 1.40 bits per heavy atom. The average molecular weight is 407 g/mol. The van der Waals surface area contributed by atoms with Crippen LogP contribution in [0.2, 0.25) is 5.02 Å². The Labute approximate surface area is 132 Å². The van der Waals surface area contributed by atoms with Crippen molar-refractivity contribution in [2.75, 3.05) is 10.7 Å². The lowest BCUT2D eigenvalue weighted by atomic mass is 10.2. The molecule has 1 aromatic heterocycles. The fourth-order valence-corrected chi connectivity index (χ4v) is 2.40. The van der Waals surface area contributed by atoms with Gasteiger partial charge in [0.2, 0.25) is 0 Å². The Kier molecular flexibility index (Phi) is 4.73. The van der Waals surface area contributed by atoms with Gasteiger partial charge in [0.05, 0.1) is 16.3 Å². The summed E-state index contributed by atoms with van der Waals surface area (Å²) in [5.41, 5.74) is 2.30. The Balaban J connectivity index is 2.28. The van der Waals surface area contributed by atoms with Gasteiger partial charge in [0.15, 0.2) is 11.6 Å². The van der Waals surface area contributed by atoms with Gasteiger partial charge in [-0.1, -0.05) is 11.6 Å². The van der Waals surface area contributed by atoms with Crippen LogP contribution >= 0.6 is 34.2 Å². The largest absolute Gasteiger partial charge is 0.321 e. The summed E-state index contributed by atoms with van der Waals surface area (Å²) in [6, 6.07) is 6.36. The van der Waals surface area contributed by atoms with E-state index in [9.17, 15) is 9.18 Å². The van der Waals surface area contributed by atoms with Crippen molar-refractivity contribution >= 4 is 51.6 Å². The van der Waals surface area contributed by atoms with Crippen molar-refractivity contribution in [1.29, 1.82) is 0 Å². The minimum absolute atomic E-state index is 0.178. The summed E-state index contributed by atoms with van der Waals surface area (Å²) in [7, 11) is 0. The number of nitrogens with zero attached hydrogens (tertiary/aromatic N) is 1. The molecule has 0 saturated carbocycles. The van der Waals surface area contributed by atoms with Crippen molar-refractivity contribution in [2.24, 2.45) is 5.84 Å². The molecule has 1 amide bonds. The second kappa shape index (κ2) is 6.33. The number of benzene rings is 1. The first-order chi connectivity index (χ1) is 9.52. The van der Waals surface area contributed by atoms with E-state index in [4.69, 9.17) is 17.4 Å². The quantitative estimate of drug-likeness (QED) is 0.416. The van der Waals surface area contributed by atoms with Gasteiger partial charge in [-0.25, -0.2) is 15.2 Å². The molecular formula is C12H9ClFIN4O. The van der Waals surface area contributed by atoms with Crippen LogP contribution in [-0.4, -0.2) is 10.9 Å². The predicted molar refractivity (Wildman–Crippen MR) is 84.1 cm³/mol. The number of nitrogen functional groups attached to an aromatic ring is 1. The van der Waals surface area contributed by atoms with Crippen molar-refractivity contribution in [3.63, 3.8) is 0 Å². The number of nitrogens with two attached hydrogens (primary N) is 1. The topological polar surface area (TPSA) is 80.0 Å². The summed E-state index contributed by atoms with van der Waals surface area (Å²) in [6.45, 7) is 0. The highest BCUT2D eigenvalue weighted by molar-refractivity contribution is 14.1. The second-order valence-electron chi connectivity index (χ2n) is 3.74. The van der Waals surface area contributed by atoms with Gasteiger partial charge in [0, 0.05) is 9.77 Å². The van der Waals surface area contributed by atoms with Crippen LogP contribution < -0.4 is 16.6 Å². The summed E-state index contributed by atoms with van der Waals surface area (Å²) < 4.78 is 14.8. The van der Waals surface area contributed by atoms with Crippen molar-refractivity contribution in [1.82, 2.24) is 4.98 Å².